The second-order valence-corrected chi connectivity index (χ2v) is 7.77. The van der Waals surface area contributed by atoms with Gasteiger partial charge in [0.2, 0.25) is 17.7 Å². The molecule has 0 aromatic heterocycles. The number of nitrogens with zero attached hydrogens (tertiary/aromatic N) is 1. The zero-order valence-electron chi connectivity index (χ0n) is 15.0. The molecule has 0 unspecified atom stereocenters. The monoisotopic (exact) mass is 353 g/mol. The number of hydrogen-bond donors (Lipinski definition) is 2. The zero-order valence-corrected chi connectivity index (χ0v) is 15.0. The molecule has 2 fully saturated rings. The van der Waals surface area contributed by atoms with Crippen molar-refractivity contribution in [2.45, 2.75) is 31.8 Å². The number of carbonyl (C=O) groups excluding carboxylic acids is 3. The summed E-state index contributed by atoms with van der Waals surface area (Å²) in [6, 6.07) is 7.18. The first-order chi connectivity index (χ1) is 12.4. The van der Waals surface area contributed by atoms with Crippen LogP contribution in [0.25, 0.3) is 0 Å². The van der Waals surface area contributed by atoms with E-state index < -0.39 is 17.4 Å². The van der Waals surface area contributed by atoms with Crippen LogP contribution in [0, 0.1) is 17.8 Å². The number of amides is 3. The highest BCUT2D eigenvalue weighted by Gasteiger charge is 2.70. The number of para-hydroxylation sites is 1. The summed E-state index contributed by atoms with van der Waals surface area (Å²) in [5.74, 6) is -1.65. The summed E-state index contributed by atoms with van der Waals surface area (Å²) in [5.41, 5.74) is 0.285. The predicted octanol–water partition coefficient (Wildman–Crippen LogP) is 1.64. The molecule has 1 aromatic rings. The molecule has 4 rings (SSSR count). The number of benzene rings is 1. The first-order valence-corrected chi connectivity index (χ1v) is 9.06. The van der Waals surface area contributed by atoms with Gasteiger partial charge in [-0.1, -0.05) is 38.1 Å². The summed E-state index contributed by atoms with van der Waals surface area (Å²) in [6.45, 7) is 7.99. The van der Waals surface area contributed by atoms with Crippen LogP contribution < -0.4 is 10.6 Å². The minimum atomic E-state index is -1.18. The van der Waals surface area contributed by atoms with Crippen molar-refractivity contribution in [2.24, 2.45) is 17.8 Å². The van der Waals surface area contributed by atoms with Crippen molar-refractivity contribution in [3.63, 3.8) is 0 Å². The molecule has 4 atom stereocenters. The number of carbonyl (C=O) groups is 3. The second-order valence-electron chi connectivity index (χ2n) is 7.77. The molecule has 0 bridgehead atoms. The molecular formula is C20H23N3O3. The molecule has 3 aliphatic rings. The average molecular weight is 353 g/mol. The number of likely N-dealkylation sites (tertiary alicyclic amines) is 1. The topological polar surface area (TPSA) is 78.5 Å². The minimum Gasteiger partial charge on any atom is -0.324 e. The molecule has 6 nitrogen and oxygen atoms in total. The van der Waals surface area contributed by atoms with Gasteiger partial charge in [0.25, 0.3) is 0 Å². The number of hydrogen-bond acceptors (Lipinski definition) is 4. The van der Waals surface area contributed by atoms with Crippen molar-refractivity contribution >= 4 is 23.4 Å². The summed E-state index contributed by atoms with van der Waals surface area (Å²) in [4.78, 5) is 40.5. The maximum atomic E-state index is 13.2. The van der Waals surface area contributed by atoms with E-state index in [0.717, 1.165) is 12.0 Å². The van der Waals surface area contributed by atoms with Gasteiger partial charge >= 0.3 is 0 Å². The van der Waals surface area contributed by atoms with Crippen molar-refractivity contribution in [1.82, 2.24) is 10.2 Å². The molecule has 2 N–H and O–H groups in total. The van der Waals surface area contributed by atoms with Gasteiger partial charge in [-0.05, 0) is 18.4 Å². The van der Waals surface area contributed by atoms with Gasteiger partial charge in [-0.15, -0.1) is 6.58 Å². The van der Waals surface area contributed by atoms with E-state index in [2.05, 4.69) is 31.1 Å². The van der Waals surface area contributed by atoms with E-state index in [9.17, 15) is 14.4 Å². The van der Waals surface area contributed by atoms with Crippen LogP contribution in [0.15, 0.2) is 36.9 Å². The SMILES string of the molecule is C=CCN1C(=O)[C@@H]2[C@@H](C1=O)[C@]1(N[C@@H]2CC(C)C)C(=O)Nc2ccccc21. The fourth-order valence-electron chi connectivity index (χ4n) is 4.84. The van der Waals surface area contributed by atoms with Gasteiger partial charge in [0, 0.05) is 23.8 Å². The molecule has 3 aliphatic heterocycles. The van der Waals surface area contributed by atoms with Gasteiger partial charge in [0.15, 0.2) is 0 Å². The minimum absolute atomic E-state index is 0.179. The van der Waals surface area contributed by atoms with Crippen LogP contribution in [0.3, 0.4) is 0 Å². The Morgan fingerprint density at radius 2 is 1.96 bits per heavy atom. The van der Waals surface area contributed by atoms with Crippen molar-refractivity contribution < 1.29 is 14.4 Å². The first-order valence-electron chi connectivity index (χ1n) is 9.06. The lowest BCUT2D eigenvalue weighted by Gasteiger charge is -2.29. The van der Waals surface area contributed by atoms with Crippen LogP contribution in [0.4, 0.5) is 5.69 Å². The van der Waals surface area contributed by atoms with Gasteiger partial charge in [0.05, 0.1) is 11.8 Å². The lowest BCUT2D eigenvalue weighted by Crippen LogP contribution is -2.53. The van der Waals surface area contributed by atoms with Crippen LogP contribution in [-0.2, 0) is 19.9 Å². The third kappa shape index (κ3) is 2.05. The van der Waals surface area contributed by atoms with Crippen molar-refractivity contribution in [2.75, 3.05) is 11.9 Å². The molecular weight excluding hydrogens is 330 g/mol. The molecule has 26 heavy (non-hydrogen) atoms. The van der Waals surface area contributed by atoms with E-state index in [-0.39, 0.29) is 30.3 Å². The van der Waals surface area contributed by atoms with Gasteiger partial charge < -0.3 is 5.32 Å². The highest BCUT2D eigenvalue weighted by molar-refractivity contribution is 6.15. The molecule has 1 aromatic carbocycles. The number of imide groups is 1. The predicted molar refractivity (Wildman–Crippen MR) is 97.0 cm³/mol. The van der Waals surface area contributed by atoms with Crippen LogP contribution in [0.1, 0.15) is 25.8 Å². The smallest absolute Gasteiger partial charge is 0.250 e. The Labute approximate surface area is 152 Å². The molecule has 136 valence electrons. The van der Waals surface area contributed by atoms with E-state index in [1.165, 1.54) is 4.90 Å². The quantitative estimate of drug-likeness (QED) is 0.637. The van der Waals surface area contributed by atoms with Crippen molar-refractivity contribution in [3.8, 4) is 0 Å². The molecule has 3 amide bonds. The molecule has 3 heterocycles. The summed E-state index contributed by atoms with van der Waals surface area (Å²) >= 11 is 0. The Kier molecular flexibility index (Phi) is 3.77. The van der Waals surface area contributed by atoms with Gasteiger partial charge in [0.1, 0.15) is 5.54 Å². The van der Waals surface area contributed by atoms with Crippen molar-refractivity contribution in [1.29, 1.82) is 0 Å². The van der Waals surface area contributed by atoms with Gasteiger partial charge in [-0.3, -0.25) is 24.6 Å². The summed E-state index contributed by atoms with van der Waals surface area (Å²) in [7, 11) is 0. The second kappa shape index (κ2) is 5.77. The Balaban J connectivity index is 1.87. The first kappa shape index (κ1) is 17.0. The van der Waals surface area contributed by atoms with E-state index in [1.54, 1.807) is 6.08 Å². The largest absolute Gasteiger partial charge is 0.324 e. The van der Waals surface area contributed by atoms with Gasteiger partial charge in [-0.2, -0.15) is 0 Å². The standard InChI is InChI=1S/C20H23N3O3/c1-4-9-23-17(24)15-14(10-11(2)3)22-20(16(15)18(23)25)12-7-5-6-8-13(12)21-19(20)26/h4-8,11,14-16,22H,1,9-10H2,2-3H3,(H,21,26)/t14-,15+,16+,20+/m1/s1. The Morgan fingerprint density at radius 1 is 1.23 bits per heavy atom. The molecule has 0 aliphatic carbocycles. The summed E-state index contributed by atoms with van der Waals surface area (Å²) < 4.78 is 0. The third-order valence-electron chi connectivity index (χ3n) is 5.75. The van der Waals surface area contributed by atoms with Crippen LogP contribution in [-0.4, -0.2) is 35.2 Å². The number of nitrogens with one attached hydrogen (secondary N) is 2. The highest BCUT2D eigenvalue weighted by atomic mass is 16.2. The normalized spacial score (nSPS) is 32.3. The fourth-order valence-corrected chi connectivity index (χ4v) is 4.84. The van der Waals surface area contributed by atoms with Crippen LogP contribution >= 0.6 is 0 Å². The Hall–Kier alpha value is -2.47. The highest BCUT2D eigenvalue weighted by Crippen LogP contribution is 2.53. The number of fused-ring (bicyclic) bond motifs is 4. The molecule has 0 saturated carbocycles. The molecule has 2 saturated heterocycles. The van der Waals surface area contributed by atoms with Crippen LogP contribution in [0.5, 0.6) is 0 Å². The zero-order chi connectivity index (χ0) is 18.6. The lowest BCUT2D eigenvalue weighted by atomic mass is 9.76. The molecule has 6 heteroatoms. The summed E-state index contributed by atoms with van der Waals surface area (Å²) in [6.07, 6.45) is 2.27. The maximum Gasteiger partial charge on any atom is 0.250 e. The fraction of sp³-hybridized carbons (Fsp3) is 0.450. The van der Waals surface area contributed by atoms with Crippen LogP contribution in [0.2, 0.25) is 0 Å². The number of rotatable bonds is 4. The third-order valence-corrected chi connectivity index (χ3v) is 5.75. The summed E-state index contributed by atoms with van der Waals surface area (Å²) in [5, 5.41) is 6.32. The Morgan fingerprint density at radius 3 is 2.65 bits per heavy atom. The molecule has 1 spiro atoms. The van der Waals surface area contributed by atoms with Gasteiger partial charge in [-0.25, -0.2) is 0 Å². The molecule has 0 radical (unpaired) electrons. The van der Waals surface area contributed by atoms with Crippen molar-refractivity contribution in [3.05, 3.63) is 42.5 Å². The van der Waals surface area contributed by atoms with E-state index >= 15 is 0 Å². The maximum absolute atomic E-state index is 13.2. The lowest BCUT2D eigenvalue weighted by molar-refractivity contribution is -0.142. The average Bonchev–Trinajstić information content (AvgIpc) is 3.15. The van der Waals surface area contributed by atoms with E-state index in [0.29, 0.717) is 11.6 Å². The van der Waals surface area contributed by atoms with E-state index in [4.69, 9.17) is 0 Å². The Bertz CT molecular complexity index is 818. The van der Waals surface area contributed by atoms with E-state index in [1.807, 2.05) is 24.3 Å². The number of anilines is 1.